The number of nitrogens with zero attached hydrogens (tertiary/aromatic N) is 1. The van der Waals surface area contributed by atoms with Gasteiger partial charge in [0.2, 0.25) is 11.8 Å². The third-order valence-corrected chi connectivity index (χ3v) is 4.26. The average molecular weight is 302 g/mol. The molecule has 1 aliphatic rings. The van der Waals surface area contributed by atoms with Gasteiger partial charge in [-0.3, -0.25) is 9.59 Å². The standard InChI is InChI=1S/C18H26N2O2/c19-17(21)11-5-3-1-2-4-6-12-18(22)20-13-15-9-7-8-10-16(15)14-20/h7-10H,1-6,11-14H2,(H2,19,21). The molecule has 120 valence electrons. The van der Waals surface area contributed by atoms with Gasteiger partial charge in [-0.15, -0.1) is 0 Å². The first kappa shape index (κ1) is 16.5. The van der Waals surface area contributed by atoms with Crippen molar-refractivity contribution in [1.29, 1.82) is 0 Å². The lowest BCUT2D eigenvalue weighted by Crippen LogP contribution is -2.24. The van der Waals surface area contributed by atoms with Crippen LogP contribution in [0.3, 0.4) is 0 Å². The highest BCUT2D eigenvalue weighted by Crippen LogP contribution is 2.23. The van der Waals surface area contributed by atoms with Crippen molar-refractivity contribution < 1.29 is 9.59 Å². The Kier molecular flexibility index (Phi) is 6.44. The van der Waals surface area contributed by atoms with Crippen LogP contribution >= 0.6 is 0 Å². The van der Waals surface area contributed by atoms with Gasteiger partial charge < -0.3 is 10.6 Å². The summed E-state index contributed by atoms with van der Waals surface area (Å²) < 4.78 is 0. The molecular formula is C18H26N2O2. The summed E-state index contributed by atoms with van der Waals surface area (Å²) in [5.41, 5.74) is 7.66. The summed E-state index contributed by atoms with van der Waals surface area (Å²) in [7, 11) is 0. The smallest absolute Gasteiger partial charge is 0.223 e. The van der Waals surface area contributed by atoms with E-state index in [9.17, 15) is 9.59 Å². The maximum atomic E-state index is 12.2. The molecule has 2 amide bonds. The van der Waals surface area contributed by atoms with E-state index >= 15 is 0 Å². The number of primary amides is 1. The van der Waals surface area contributed by atoms with Crippen LogP contribution in [0, 0.1) is 0 Å². The van der Waals surface area contributed by atoms with Crippen LogP contribution in [0.2, 0.25) is 0 Å². The Balaban J connectivity index is 1.53. The molecule has 0 bridgehead atoms. The molecule has 0 saturated carbocycles. The van der Waals surface area contributed by atoms with E-state index in [-0.39, 0.29) is 11.8 Å². The quantitative estimate of drug-likeness (QED) is 0.712. The fraction of sp³-hybridized carbons (Fsp3) is 0.556. The van der Waals surface area contributed by atoms with Gasteiger partial charge >= 0.3 is 0 Å². The molecule has 4 heteroatoms. The molecule has 0 spiro atoms. The van der Waals surface area contributed by atoms with E-state index in [4.69, 9.17) is 5.73 Å². The molecule has 2 N–H and O–H groups in total. The third kappa shape index (κ3) is 5.17. The number of nitrogens with two attached hydrogens (primary N) is 1. The van der Waals surface area contributed by atoms with E-state index < -0.39 is 0 Å². The van der Waals surface area contributed by atoms with Gasteiger partial charge in [0.1, 0.15) is 0 Å². The molecule has 0 aromatic heterocycles. The van der Waals surface area contributed by atoms with Crippen molar-refractivity contribution in [2.75, 3.05) is 0 Å². The minimum Gasteiger partial charge on any atom is -0.370 e. The Labute approximate surface area is 132 Å². The summed E-state index contributed by atoms with van der Waals surface area (Å²) >= 11 is 0. The maximum Gasteiger partial charge on any atom is 0.223 e. The molecule has 1 aromatic carbocycles. The minimum absolute atomic E-state index is 0.211. The van der Waals surface area contributed by atoms with Crippen LogP contribution < -0.4 is 5.73 Å². The zero-order chi connectivity index (χ0) is 15.8. The number of benzene rings is 1. The number of carbonyl (C=O) groups is 2. The molecule has 0 radical (unpaired) electrons. The minimum atomic E-state index is -0.211. The second kappa shape index (κ2) is 8.57. The highest BCUT2D eigenvalue weighted by molar-refractivity contribution is 5.77. The van der Waals surface area contributed by atoms with Crippen LogP contribution in [0.5, 0.6) is 0 Å². The number of fused-ring (bicyclic) bond motifs is 1. The summed E-state index contributed by atoms with van der Waals surface area (Å²) in [5.74, 6) is 0.0575. The first-order valence-corrected chi connectivity index (χ1v) is 8.29. The van der Waals surface area contributed by atoms with E-state index in [1.54, 1.807) is 0 Å². The third-order valence-electron chi connectivity index (χ3n) is 4.26. The molecule has 2 rings (SSSR count). The SMILES string of the molecule is NC(=O)CCCCCCCCC(=O)N1Cc2ccccc2C1. The van der Waals surface area contributed by atoms with Crippen LogP contribution in [0.4, 0.5) is 0 Å². The van der Waals surface area contributed by atoms with Crippen molar-refractivity contribution in [2.24, 2.45) is 5.73 Å². The van der Waals surface area contributed by atoms with Crippen LogP contribution in [0.15, 0.2) is 24.3 Å². The largest absolute Gasteiger partial charge is 0.370 e. The molecule has 1 heterocycles. The van der Waals surface area contributed by atoms with Gasteiger partial charge in [-0.25, -0.2) is 0 Å². The zero-order valence-electron chi connectivity index (χ0n) is 13.2. The first-order valence-electron chi connectivity index (χ1n) is 8.29. The van der Waals surface area contributed by atoms with Gasteiger partial charge in [0.15, 0.2) is 0 Å². The summed E-state index contributed by atoms with van der Waals surface area (Å²) in [6, 6.07) is 8.28. The van der Waals surface area contributed by atoms with Gasteiger partial charge in [0.25, 0.3) is 0 Å². The molecule has 0 fully saturated rings. The lowest BCUT2D eigenvalue weighted by atomic mass is 10.1. The fourth-order valence-electron chi connectivity index (χ4n) is 2.95. The van der Waals surface area contributed by atoms with E-state index in [1.807, 2.05) is 17.0 Å². The number of amides is 2. The van der Waals surface area contributed by atoms with E-state index in [0.717, 1.165) is 51.6 Å². The van der Waals surface area contributed by atoms with E-state index in [0.29, 0.717) is 12.8 Å². The van der Waals surface area contributed by atoms with Crippen molar-refractivity contribution in [3.05, 3.63) is 35.4 Å². The second-order valence-corrected chi connectivity index (χ2v) is 6.11. The van der Waals surface area contributed by atoms with Crippen LogP contribution in [-0.4, -0.2) is 16.7 Å². The second-order valence-electron chi connectivity index (χ2n) is 6.11. The van der Waals surface area contributed by atoms with Crippen molar-refractivity contribution in [1.82, 2.24) is 4.90 Å². The predicted octanol–water partition coefficient (Wildman–Crippen LogP) is 3.13. The highest BCUT2D eigenvalue weighted by Gasteiger charge is 2.21. The van der Waals surface area contributed by atoms with Gasteiger partial charge in [0, 0.05) is 25.9 Å². The molecule has 0 aliphatic carbocycles. The zero-order valence-corrected chi connectivity index (χ0v) is 13.2. The normalized spacial score (nSPS) is 13.2. The predicted molar refractivity (Wildman–Crippen MR) is 86.8 cm³/mol. The number of hydrogen-bond acceptors (Lipinski definition) is 2. The Bertz CT molecular complexity index is 489. The number of unbranched alkanes of at least 4 members (excludes halogenated alkanes) is 5. The highest BCUT2D eigenvalue weighted by atomic mass is 16.2. The average Bonchev–Trinajstić information content (AvgIpc) is 2.93. The molecule has 0 unspecified atom stereocenters. The molecule has 1 aromatic rings. The fourth-order valence-corrected chi connectivity index (χ4v) is 2.95. The van der Waals surface area contributed by atoms with Crippen molar-refractivity contribution >= 4 is 11.8 Å². The topological polar surface area (TPSA) is 63.4 Å². The van der Waals surface area contributed by atoms with Crippen LogP contribution in [-0.2, 0) is 22.7 Å². The lowest BCUT2D eigenvalue weighted by molar-refractivity contribution is -0.132. The van der Waals surface area contributed by atoms with E-state index in [2.05, 4.69) is 12.1 Å². The summed E-state index contributed by atoms with van der Waals surface area (Å²) in [4.78, 5) is 24.8. The van der Waals surface area contributed by atoms with Gasteiger partial charge in [0.05, 0.1) is 0 Å². The van der Waals surface area contributed by atoms with Gasteiger partial charge in [-0.05, 0) is 24.0 Å². The number of hydrogen-bond donors (Lipinski definition) is 1. The summed E-state index contributed by atoms with van der Waals surface area (Å²) in [5, 5.41) is 0. The van der Waals surface area contributed by atoms with Crippen LogP contribution in [0.1, 0.15) is 62.5 Å². The number of carbonyl (C=O) groups excluding carboxylic acids is 2. The van der Waals surface area contributed by atoms with Crippen LogP contribution in [0.25, 0.3) is 0 Å². The molecule has 22 heavy (non-hydrogen) atoms. The molecule has 4 nitrogen and oxygen atoms in total. The van der Waals surface area contributed by atoms with Gasteiger partial charge in [-0.2, -0.15) is 0 Å². The van der Waals surface area contributed by atoms with E-state index in [1.165, 1.54) is 11.1 Å². The molecule has 1 aliphatic heterocycles. The Morgan fingerprint density at radius 3 is 1.91 bits per heavy atom. The summed E-state index contributed by atoms with van der Waals surface area (Å²) in [6.07, 6.45) is 7.38. The number of rotatable bonds is 9. The Hall–Kier alpha value is -1.84. The van der Waals surface area contributed by atoms with Crippen molar-refractivity contribution in [3.8, 4) is 0 Å². The van der Waals surface area contributed by atoms with Crippen molar-refractivity contribution in [3.63, 3.8) is 0 Å². The molecular weight excluding hydrogens is 276 g/mol. The summed E-state index contributed by atoms with van der Waals surface area (Å²) in [6.45, 7) is 1.53. The Morgan fingerprint density at radius 1 is 0.864 bits per heavy atom. The molecule has 0 saturated heterocycles. The van der Waals surface area contributed by atoms with Gasteiger partial charge in [-0.1, -0.05) is 49.9 Å². The monoisotopic (exact) mass is 302 g/mol. The maximum absolute atomic E-state index is 12.2. The lowest BCUT2D eigenvalue weighted by Gasteiger charge is -2.15. The Morgan fingerprint density at radius 2 is 1.36 bits per heavy atom. The molecule has 0 atom stereocenters. The van der Waals surface area contributed by atoms with Crippen molar-refractivity contribution in [2.45, 2.75) is 64.5 Å². The first-order chi connectivity index (χ1) is 10.7.